The minimum Gasteiger partial charge on any atom is -0.444 e. The summed E-state index contributed by atoms with van der Waals surface area (Å²) < 4.78 is 6.94. The maximum absolute atomic E-state index is 12.8. The van der Waals surface area contributed by atoms with Crippen molar-refractivity contribution in [2.75, 3.05) is 6.54 Å². The first-order valence-electron chi connectivity index (χ1n) is 10.4. The number of ether oxygens (including phenoxy) is 1. The van der Waals surface area contributed by atoms with Crippen LogP contribution in [0.15, 0.2) is 24.3 Å². The van der Waals surface area contributed by atoms with E-state index in [9.17, 15) is 9.59 Å². The van der Waals surface area contributed by atoms with Crippen molar-refractivity contribution < 1.29 is 14.3 Å². The van der Waals surface area contributed by atoms with E-state index < -0.39 is 11.7 Å². The summed E-state index contributed by atoms with van der Waals surface area (Å²) in [5.74, 6) is -0.233. The summed E-state index contributed by atoms with van der Waals surface area (Å²) in [7, 11) is 0. The Morgan fingerprint density at radius 3 is 2.32 bits per heavy atom. The van der Waals surface area contributed by atoms with Crippen LogP contribution >= 0.6 is 11.6 Å². The van der Waals surface area contributed by atoms with E-state index in [4.69, 9.17) is 16.3 Å². The molecule has 0 aliphatic carbocycles. The Kier molecular flexibility index (Phi) is 8.12. The summed E-state index contributed by atoms with van der Waals surface area (Å²) in [5.41, 5.74) is 2.52. The summed E-state index contributed by atoms with van der Waals surface area (Å²) in [6, 6.07) is 7.78. The van der Waals surface area contributed by atoms with Gasteiger partial charge in [-0.25, -0.2) is 9.48 Å². The third kappa shape index (κ3) is 7.28. The van der Waals surface area contributed by atoms with Crippen molar-refractivity contribution in [1.82, 2.24) is 20.4 Å². The molecule has 170 valence electrons. The summed E-state index contributed by atoms with van der Waals surface area (Å²) >= 11 is 6.49. The molecule has 2 N–H and O–H groups in total. The van der Waals surface area contributed by atoms with Gasteiger partial charge in [-0.2, -0.15) is 5.10 Å². The second-order valence-corrected chi connectivity index (χ2v) is 9.46. The lowest BCUT2D eigenvalue weighted by Gasteiger charge is -2.26. The average Bonchev–Trinajstić information content (AvgIpc) is 2.92. The Bertz CT molecular complexity index is 914. The molecule has 0 aliphatic rings. The lowest BCUT2D eigenvalue weighted by atomic mass is 10.0. The number of amides is 2. The number of hydrogen-bond acceptors (Lipinski definition) is 4. The van der Waals surface area contributed by atoms with Crippen LogP contribution in [0.25, 0.3) is 0 Å². The molecule has 1 heterocycles. The third-order valence-corrected chi connectivity index (χ3v) is 5.12. The Morgan fingerprint density at radius 2 is 1.77 bits per heavy atom. The lowest BCUT2D eigenvalue weighted by Crippen LogP contribution is -2.48. The number of hydrogen-bond donors (Lipinski definition) is 2. The molecule has 1 atom stereocenters. The van der Waals surface area contributed by atoms with Gasteiger partial charge in [-0.15, -0.1) is 0 Å². The van der Waals surface area contributed by atoms with Gasteiger partial charge in [0.1, 0.15) is 10.8 Å². The first kappa shape index (κ1) is 24.7. The molecule has 0 aliphatic heterocycles. The van der Waals surface area contributed by atoms with Crippen molar-refractivity contribution in [3.05, 3.63) is 51.8 Å². The van der Waals surface area contributed by atoms with E-state index in [-0.39, 0.29) is 29.6 Å². The second kappa shape index (κ2) is 10.2. The number of halogens is 1. The van der Waals surface area contributed by atoms with Crippen LogP contribution in [0.4, 0.5) is 4.79 Å². The van der Waals surface area contributed by atoms with Crippen LogP contribution in [0.2, 0.25) is 5.15 Å². The molecule has 8 heteroatoms. The number of nitrogens with one attached hydrogen (secondary N) is 2. The highest BCUT2D eigenvalue weighted by Gasteiger charge is 2.24. The highest BCUT2D eigenvalue weighted by molar-refractivity contribution is 6.33. The monoisotopic (exact) mass is 448 g/mol. The van der Waals surface area contributed by atoms with Crippen molar-refractivity contribution in [2.24, 2.45) is 5.92 Å². The zero-order valence-corrected chi connectivity index (χ0v) is 20.1. The zero-order chi connectivity index (χ0) is 23.3. The Hall–Kier alpha value is -2.54. The van der Waals surface area contributed by atoms with Crippen molar-refractivity contribution in [3.63, 3.8) is 0 Å². The molecule has 0 bridgehead atoms. The van der Waals surface area contributed by atoms with E-state index in [1.807, 2.05) is 45.0 Å². The van der Waals surface area contributed by atoms with Gasteiger partial charge >= 0.3 is 6.09 Å². The van der Waals surface area contributed by atoms with Gasteiger partial charge in [-0.3, -0.25) is 4.79 Å². The number of rotatable bonds is 7. The highest BCUT2D eigenvalue weighted by atomic mass is 35.5. The highest BCUT2D eigenvalue weighted by Crippen LogP contribution is 2.21. The number of carbonyl (C=O) groups is 2. The molecule has 1 aromatic carbocycles. The van der Waals surface area contributed by atoms with Gasteiger partial charge in [0, 0.05) is 6.54 Å². The van der Waals surface area contributed by atoms with Crippen molar-refractivity contribution in [2.45, 2.75) is 66.7 Å². The van der Waals surface area contributed by atoms with Crippen molar-refractivity contribution in [3.8, 4) is 0 Å². The van der Waals surface area contributed by atoms with Gasteiger partial charge in [0.15, 0.2) is 0 Å². The molecule has 0 radical (unpaired) electrons. The number of nitrogens with zero attached hydrogens (tertiary/aromatic N) is 2. The molecule has 31 heavy (non-hydrogen) atoms. The van der Waals surface area contributed by atoms with Crippen LogP contribution in [0.1, 0.15) is 61.8 Å². The van der Waals surface area contributed by atoms with Crippen LogP contribution in [0.3, 0.4) is 0 Å². The van der Waals surface area contributed by atoms with E-state index in [0.29, 0.717) is 17.8 Å². The Balaban J connectivity index is 2.06. The normalized spacial score (nSPS) is 12.5. The molecule has 0 saturated carbocycles. The molecule has 2 aromatic rings. The Morgan fingerprint density at radius 1 is 1.16 bits per heavy atom. The molecule has 0 spiro atoms. The number of benzene rings is 1. The fourth-order valence-electron chi connectivity index (χ4n) is 2.99. The van der Waals surface area contributed by atoms with Gasteiger partial charge in [-0.1, -0.05) is 55.3 Å². The molecule has 2 amide bonds. The Labute approximate surface area is 189 Å². The number of aromatic nitrogens is 2. The largest absolute Gasteiger partial charge is 0.444 e. The predicted octanol–water partition coefficient (Wildman–Crippen LogP) is 4.48. The molecular weight excluding hydrogens is 416 g/mol. The smallest absolute Gasteiger partial charge is 0.407 e. The van der Waals surface area contributed by atoms with Crippen molar-refractivity contribution >= 4 is 23.6 Å². The topological polar surface area (TPSA) is 85.3 Å². The first-order valence-corrected chi connectivity index (χ1v) is 10.8. The van der Waals surface area contributed by atoms with Gasteiger partial charge in [0.2, 0.25) is 0 Å². The molecule has 1 aromatic heterocycles. The standard InChI is InChI=1S/C23H33ClN4O3/c1-14(2)18(26-22(30)31-23(5,6)7)12-25-21(29)19-16(4)27-28(20(19)24)13-17-10-8-15(3)9-11-17/h8-11,14,18H,12-13H2,1-7H3,(H,25,29)(H,26,30). The van der Waals surface area contributed by atoms with Gasteiger partial charge in [0.25, 0.3) is 5.91 Å². The van der Waals surface area contributed by atoms with Crippen LogP contribution in [-0.2, 0) is 11.3 Å². The van der Waals surface area contributed by atoms with Gasteiger partial charge in [0.05, 0.1) is 23.8 Å². The first-order chi connectivity index (χ1) is 14.4. The second-order valence-electron chi connectivity index (χ2n) is 9.10. The SMILES string of the molecule is Cc1ccc(Cn2nc(C)c(C(=O)NCC(NC(=O)OC(C)(C)C)C(C)C)c2Cl)cc1. The number of carbonyl (C=O) groups excluding carboxylic acids is 2. The summed E-state index contributed by atoms with van der Waals surface area (Å²) in [5, 5.41) is 10.4. The minimum absolute atomic E-state index is 0.0913. The lowest BCUT2D eigenvalue weighted by molar-refractivity contribution is 0.0487. The minimum atomic E-state index is -0.592. The molecule has 0 saturated heterocycles. The zero-order valence-electron chi connectivity index (χ0n) is 19.4. The van der Waals surface area contributed by atoms with Crippen molar-refractivity contribution in [1.29, 1.82) is 0 Å². The summed E-state index contributed by atoms with van der Waals surface area (Å²) in [6.07, 6.45) is -0.513. The molecule has 2 rings (SSSR count). The maximum Gasteiger partial charge on any atom is 0.407 e. The maximum atomic E-state index is 12.8. The third-order valence-electron chi connectivity index (χ3n) is 4.73. The summed E-state index contributed by atoms with van der Waals surface area (Å²) in [4.78, 5) is 25.0. The fourth-order valence-corrected chi connectivity index (χ4v) is 3.31. The van der Waals surface area contributed by atoms with E-state index >= 15 is 0 Å². The predicted molar refractivity (Wildman–Crippen MR) is 123 cm³/mol. The quantitative estimate of drug-likeness (QED) is 0.653. The fraction of sp³-hybridized carbons (Fsp3) is 0.522. The van der Waals surface area contributed by atoms with E-state index in [2.05, 4.69) is 15.7 Å². The number of aryl methyl sites for hydroxylation is 2. The van der Waals surface area contributed by atoms with Crippen LogP contribution < -0.4 is 10.6 Å². The van der Waals surface area contributed by atoms with Crippen LogP contribution in [0, 0.1) is 19.8 Å². The van der Waals surface area contributed by atoms with Crippen LogP contribution in [-0.4, -0.2) is 40.0 Å². The van der Waals surface area contributed by atoms with Crippen LogP contribution in [0.5, 0.6) is 0 Å². The summed E-state index contributed by atoms with van der Waals surface area (Å²) in [6.45, 7) is 13.8. The number of alkyl carbamates (subject to hydrolysis) is 1. The van der Waals surface area contributed by atoms with Gasteiger partial charge in [-0.05, 0) is 46.1 Å². The van der Waals surface area contributed by atoms with Gasteiger partial charge < -0.3 is 15.4 Å². The van der Waals surface area contributed by atoms with E-state index in [1.54, 1.807) is 32.4 Å². The average molecular weight is 449 g/mol. The molecule has 1 unspecified atom stereocenters. The molecule has 7 nitrogen and oxygen atoms in total. The molecular formula is C23H33ClN4O3. The van der Waals surface area contributed by atoms with E-state index in [1.165, 1.54) is 5.56 Å². The molecule has 0 fully saturated rings. The van der Waals surface area contributed by atoms with E-state index in [0.717, 1.165) is 5.56 Å².